The van der Waals surface area contributed by atoms with Gasteiger partial charge < -0.3 is 15.0 Å². The number of nitrogens with zero attached hydrogens (tertiary/aromatic N) is 6. The van der Waals surface area contributed by atoms with Gasteiger partial charge >= 0.3 is 0 Å². The topological polar surface area (TPSA) is 89.6 Å². The molecule has 38 heavy (non-hydrogen) atoms. The molecule has 5 aromatic rings. The highest BCUT2D eigenvalue weighted by Crippen LogP contribution is 2.25. The van der Waals surface area contributed by atoms with Gasteiger partial charge in [0.1, 0.15) is 5.39 Å². The Morgan fingerprint density at radius 1 is 1.13 bits per heavy atom. The fraction of sp³-hybridized carbons (Fsp3) is 0.259. The lowest BCUT2D eigenvalue weighted by molar-refractivity contribution is 0.243. The zero-order chi connectivity index (χ0) is 26.6. The minimum Gasteiger partial charge on any atom is -0.490 e. The van der Waals surface area contributed by atoms with Crippen molar-refractivity contribution in [2.24, 2.45) is 0 Å². The number of fused-ring (bicyclic) bond motifs is 3. The Bertz CT molecular complexity index is 1650. The monoisotopic (exact) mass is 535 g/mol. The third-order valence-electron chi connectivity index (χ3n) is 6.30. The quantitative estimate of drug-likeness (QED) is 0.250. The average Bonchev–Trinajstić information content (AvgIpc) is 3.41. The summed E-state index contributed by atoms with van der Waals surface area (Å²) in [6.45, 7) is 7.52. The third-order valence-corrected chi connectivity index (χ3v) is 6.62. The maximum atomic E-state index is 14.7. The maximum absolute atomic E-state index is 14.7. The Morgan fingerprint density at radius 2 is 1.95 bits per heavy atom. The summed E-state index contributed by atoms with van der Waals surface area (Å²) < 4.78 is 23.4. The molecule has 0 unspecified atom stereocenters. The fourth-order valence-corrected chi connectivity index (χ4v) is 4.51. The Hall–Kier alpha value is -4.02. The molecule has 0 aliphatic heterocycles. The van der Waals surface area contributed by atoms with Gasteiger partial charge in [0.15, 0.2) is 17.2 Å². The van der Waals surface area contributed by atoms with Gasteiger partial charge in [-0.25, -0.2) is 18.9 Å². The summed E-state index contributed by atoms with van der Waals surface area (Å²) in [7, 11) is 0. The highest BCUT2D eigenvalue weighted by atomic mass is 35.5. The van der Waals surface area contributed by atoms with Crippen LogP contribution in [0.1, 0.15) is 20.3 Å². The van der Waals surface area contributed by atoms with Crippen LogP contribution in [0, 0.1) is 5.82 Å². The predicted molar refractivity (Wildman–Crippen MR) is 146 cm³/mol. The molecule has 0 aliphatic carbocycles. The number of hydrogen-bond acceptors (Lipinski definition) is 7. The van der Waals surface area contributed by atoms with Gasteiger partial charge in [-0.15, -0.1) is 0 Å². The molecule has 2 aromatic carbocycles. The first-order chi connectivity index (χ1) is 18.5. The van der Waals surface area contributed by atoms with Crippen molar-refractivity contribution >= 4 is 40.0 Å². The normalized spacial score (nSPS) is 11.5. The Kier molecular flexibility index (Phi) is 7.52. The average molecular weight is 536 g/mol. The Labute approximate surface area is 223 Å². The highest BCUT2D eigenvalue weighted by molar-refractivity contribution is 6.32. The fourth-order valence-electron chi connectivity index (χ4n) is 4.29. The van der Waals surface area contributed by atoms with Crippen molar-refractivity contribution < 1.29 is 9.13 Å². The maximum Gasteiger partial charge on any atom is 0.270 e. The van der Waals surface area contributed by atoms with Crippen molar-refractivity contribution in [1.29, 1.82) is 0 Å². The number of nitrogens with one attached hydrogen (secondary N) is 1. The first-order valence-electron chi connectivity index (χ1n) is 12.4. The van der Waals surface area contributed by atoms with Crippen LogP contribution in [-0.4, -0.2) is 55.1 Å². The zero-order valence-corrected chi connectivity index (χ0v) is 21.8. The SMILES string of the molecule is CCN(CC)CCCOc1ccc(Nc2ncc3c(=O)n(-c4ccccc4Cl)c4nccn4c3n2)cc1F. The van der Waals surface area contributed by atoms with Gasteiger partial charge in [0, 0.05) is 36.9 Å². The first kappa shape index (κ1) is 25.6. The summed E-state index contributed by atoms with van der Waals surface area (Å²) >= 11 is 6.37. The largest absolute Gasteiger partial charge is 0.490 e. The van der Waals surface area contributed by atoms with Gasteiger partial charge in [0.25, 0.3) is 5.56 Å². The van der Waals surface area contributed by atoms with Crippen molar-refractivity contribution in [3.05, 3.63) is 82.2 Å². The van der Waals surface area contributed by atoms with E-state index in [1.807, 2.05) is 0 Å². The van der Waals surface area contributed by atoms with E-state index < -0.39 is 5.82 Å². The number of anilines is 2. The standard InChI is InChI=1S/C27H27ClFN7O2/c1-3-34(4-2)13-7-15-38-23-11-10-18(16-21(23)29)32-26-31-17-19-24(33-26)35-14-12-30-27(35)36(25(19)37)22-9-6-5-8-20(22)28/h5-6,8-12,14,16-17H,3-4,7,13,15H2,1-2H3,(H,31,32,33). The molecule has 0 atom stereocenters. The molecule has 0 saturated carbocycles. The molecule has 0 spiro atoms. The van der Waals surface area contributed by atoms with Crippen molar-refractivity contribution in [1.82, 2.24) is 28.8 Å². The second-order valence-electron chi connectivity index (χ2n) is 8.62. The van der Waals surface area contributed by atoms with Crippen LogP contribution in [0.25, 0.3) is 22.5 Å². The third kappa shape index (κ3) is 5.05. The number of aromatic nitrogens is 5. The highest BCUT2D eigenvalue weighted by Gasteiger charge is 2.17. The molecule has 9 nitrogen and oxygen atoms in total. The molecule has 0 saturated heterocycles. The van der Waals surface area contributed by atoms with Gasteiger partial charge in [0.2, 0.25) is 11.7 Å². The molecule has 0 fully saturated rings. The number of imidazole rings is 1. The van der Waals surface area contributed by atoms with E-state index in [2.05, 4.69) is 39.0 Å². The van der Waals surface area contributed by atoms with Crippen LogP contribution < -0.4 is 15.6 Å². The molecule has 3 aromatic heterocycles. The second-order valence-corrected chi connectivity index (χ2v) is 9.03. The van der Waals surface area contributed by atoms with E-state index >= 15 is 0 Å². The number of benzene rings is 2. The van der Waals surface area contributed by atoms with E-state index in [1.165, 1.54) is 16.8 Å². The molecule has 3 heterocycles. The molecular weight excluding hydrogens is 509 g/mol. The van der Waals surface area contributed by atoms with Crippen LogP contribution >= 0.6 is 11.6 Å². The van der Waals surface area contributed by atoms with Gasteiger partial charge in [0.05, 0.1) is 17.3 Å². The van der Waals surface area contributed by atoms with Crippen LogP contribution in [-0.2, 0) is 0 Å². The number of rotatable bonds is 10. The number of ether oxygens (including phenoxy) is 1. The zero-order valence-electron chi connectivity index (χ0n) is 21.1. The van der Waals surface area contributed by atoms with Gasteiger partial charge in [-0.2, -0.15) is 4.98 Å². The number of halogens is 2. The summed E-state index contributed by atoms with van der Waals surface area (Å²) in [5.74, 6) is 0.261. The van der Waals surface area contributed by atoms with E-state index in [-0.39, 0.29) is 22.6 Å². The molecule has 0 radical (unpaired) electrons. The van der Waals surface area contributed by atoms with Gasteiger partial charge in [-0.1, -0.05) is 37.6 Å². The summed E-state index contributed by atoms with van der Waals surface area (Å²) in [5.41, 5.74) is 0.956. The Morgan fingerprint density at radius 3 is 2.71 bits per heavy atom. The van der Waals surface area contributed by atoms with Crippen molar-refractivity contribution in [3.8, 4) is 11.4 Å². The predicted octanol–water partition coefficient (Wildman–Crippen LogP) is 5.08. The van der Waals surface area contributed by atoms with E-state index in [4.69, 9.17) is 16.3 Å². The van der Waals surface area contributed by atoms with Crippen LogP contribution in [0.15, 0.2) is 65.8 Å². The van der Waals surface area contributed by atoms with Gasteiger partial charge in [-0.05, 0) is 43.8 Å². The van der Waals surface area contributed by atoms with Crippen molar-refractivity contribution in [2.75, 3.05) is 31.6 Å². The molecule has 11 heteroatoms. The molecule has 0 aliphatic rings. The van der Waals surface area contributed by atoms with Crippen LogP contribution in [0.3, 0.4) is 0 Å². The minimum absolute atomic E-state index is 0.190. The summed E-state index contributed by atoms with van der Waals surface area (Å²) in [6.07, 6.45) is 5.52. The second kappa shape index (κ2) is 11.2. The minimum atomic E-state index is -0.488. The molecule has 0 bridgehead atoms. The van der Waals surface area contributed by atoms with E-state index in [0.29, 0.717) is 34.4 Å². The lowest BCUT2D eigenvalue weighted by Crippen LogP contribution is -2.25. The number of para-hydroxylation sites is 1. The van der Waals surface area contributed by atoms with Crippen molar-refractivity contribution in [3.63, 3.8) is 0 Å². The first-order valence-corrected chi connectivity index (χ1v) is 12.8. The van der Waals surface area contributed by atoms with Crippen molar-refractivity contribution in [2.45, 2.75) is 20.3 Å². The lowest BCUT2D eigenvalue weighted by Gasteiger charge is -2.17. The van der Waals surface area contributed by atoms with E-state index in [1.54, 1.807) is 53.2 Å². The summed E-state index contributed by atoms with van der Waals surface area (Å²) in [6, 6.07) is 11.6. The molecule has 196 valence electrons. The summed E-state index contributed by atoms with van der Waals surface area (Å²) in [5, 5.41) is 3.70. The van der Waals surface area contributed by atoms with Gasteiger partial charge in [-0.3, -0.25) is 9.20 Å². The van der Waals surface area contributed by atoms with Crippen LogP contribution in [0.4, 0.5) is 16.0 Å². The molecule has 0 amide bonds. The lowest BCUT2D eigenvalue weighted by atomic mass is 10.3. The molecule has 1 N–H and O–H groups in total. The molecular formula is C27H27ClFN7O2. The van der Waals surface area contributed by atoms with Crippen LogP contribution in [0.5, 0.6) is 5.75 Å². The van der Waals surface area contributed by atoms with E-state index in [0.717, 1.165) is 26.1 Å². The Balaban J connectivity index is 1.39. The summed E-state index contributed by atoms with van der Waals surface area (Å²) in [4.78, 5) is 28.9. The van der Waals surface area contributed by atoms with E-state index in [9.17, 15) is 9.18 Å². The van der Waals surface area contributed by atoms with Crippen LogP contribution in [0.2, 0.25) is 5.02 Å². The number of hydrogen-bond donors (Lipinski definition) is 1. The smallest absolute Gasteiger partial charge is 0.270 e. The molecule has 5 rings (SSSR count).